The first kappa shape index (κ1) is 20.3. The molecule has 29 heavy (non-hydrogen) atoms. The molecule has 1 N–H and O–H groups in total. The van der Waals surface area contributed by atoms with Crippen LogP contribution in [-0.4, -0.2) is 28.5 Å². The quantitative estimate of drug-likeness (QED) is 0.511. The zero-order chi connectivity index (χ0) is 21.0. The van der Waals surface area contributed by atoms with E-state index in [9.17, 15) is 9.59 Å². The largest absolute Gasteiger partial charge is 0.464 e. The Morgan fingerprint density at radius 2 is 1.93 bits per heavy atom. The molecule has 0 spiro atoms. The van der Waals surface area contributed by atoms with E-state index in [0.29, 0.717) is 5.92 Å². The van der Waals surface area contributed by atoms with Crippen molar-refractivity contribution in [3.63, 3.8) is 0 Å². The summed E-state index contributed by atoms with van der Waals surface area (Å²) in [5.74, 6) is -0.411. The highest BCUT2D eigenvalue weighted by Crippen LogP contribution is 2.25. The molecule has 0 atom stereocenters. The van der Waals surface area contributed by atoms with Gasteiger partial charge in [-0.25, -0.2) is 9.78 Å². The van der Waals surface area contributed by atoms with E-state index in [4.69, 9.17) is 4.74 Å². The van der Waals surface area contributed by atoms with Gasteiger partial charge >= 0.3 is 5.97 Å². The molecule has 0 aliphatic rings. The average Bonchev–Trinajstić information content (AvgIpc) is 3.04. The van der Waals surface area contributed by atoms with Crippen LogP contribution in [0.1, 0.15) is 32.0 Å². The summed E-state index contributed by atoms with van der Waals surface area (Å²) in [6.07, 6.45) is 4.33. The van der Waals surface area contributed by atoms with Gasteiger partial charge in [-0.3, -0.25) is 9.36 Å². The minimum absolute atomic E-state index is 0.0985. The lowest BCUT2D eigenvalue weighted by Gasteiger charge is -2.12. The van der Waals surface area contributed by atoms with E-state index >= 15 is 0 Å². The Morgan fingerprint density at radius 1 is 1.21 bits per heavy atom. The van der Waals surface area contributed by atoms with E-state index in [1.165, 1.54) is 19.7 Å². The molecule has 0 aliphatic heterocycles. The lowest BCUT2D eigenvalue weighted by Crippen LogP contribution is -2.25. The number of carbonyl (C=O) groups excluding carboxylic acids is 2. The Kier molecular flexibility index (Phi) is 6.12. The van der Waals surface area contributed by atoms with Gasteiger partial charge in [-0.1, -0.05) is 26.0 Å². The van der Waals surface area contributed by atoms with Gasteiger partial charge in [-0.2, -0.15) is 0 Å². The van der Waals surface area contributed by atoms with Gasteiger partial charge in [-0.15, -0.1) is 0 Å². The van der Waals surface area contributed by atoms with Crippen LogP contribution in [0.25, 0.3) is 22.8 Å². The third-order valence-corrected chi connectivity index (χ3v) is 4.43. The summed E-state index contributed by atoms with van der Waals surface area (Å²) in [6.45, 7) is 5.74. The van der Waals surface area contributed by atoms with Gasteiger partial charge in [0, 0.05) is 29.9 Å². The van der Waals surface area contributed by atoms with Crippen LogP contribution >= 0.6 is 0 Å². The van der Waals surface area contributed by atoms with E-state index in [0.717, 1.165) is 28.7 Å². The molecule has 6 heteroatoms. The van der Waals surface area contributed by atoms with Crippen LogP contribution < -0.4 is 5.32 Å². The molecule has 150 valence electrons. The van der Waals surface area contributed by atoms with Crippen molar-refractivity contribution in [2.24, 2.45) is 5.92 Å². The molecule has 3 rings (SSSR count). The van der Waals surface area contributed by atoms with Crippen molar-refractivity contribution in [3.8, 4) is 5.69 Å². The predicted octanol–water partition coefficient (Wildman–Crippen LogP) is 3.87. The van der Waals surface area contributed by atoms with E-state index in [2.05, 4.69) is 40.8 Å². The molecule has 6 nitrogen and oxygen atoms in total. The second-order valence-corrected chi connectivity index (χ2v) is 7.31. The summed E-state index contributed by atoms with van der Waals surface area (Å²) in [5, 5.41) is 3.61. The highest BCUT2D eigenvalue weighted by atomic mass is 16.5. The second-order valence-electron chi connectivity index (χ2n) is 7.31. The number of hydrogen-bond acceptors (Lipinski definition) is 4. The first-order valence-corrected chi connectivity index (χ1v) is 9.52. The molecule has 2 heterocycles. The number of hydrogen-bond donors (Lipinski definition) is 1. The molecule has 3 aromatic rings. The third-order valence-electron chi connectivity index (χ3n) is 4.43. The Hall–Kier alpha value is -3.41. The summed E-state index contributed by atoms with van der Waals surface area (Å²) < 4.78 is 6.90. The number of carbonyl (C=O) groups is 2. The molecule has 0 aliphatic carbocycles. The number of nitrogens with zero attached hydrogens (tertiary/aromatic N) is 2. The molecule has 1 amide bonds. The van der Waals surface area contributed by atoms with Gasteiger partial charge < -0.3 is 10.1 Å². The minimum Gasteiger partial charge on any atom is -0.464 e. The number of aromatic nitrogens is 2. The van der Waals surface area contributed by atoms with E-state index in [1.54, 1.807) is 12.3 Å². The van der Waals surface area contributed by atoms with Crippen molar-refractivity contribution >= 4 is 29.0 Å². The number of nitrogens with one attached hydrogen (secondary N) is 1. The number of ether oxygens (including phenoxy) is 1. The van der Waals surface area contributed by atoms with Gasteiger partial charge in [0.1, 0.15) is 11.3 Å². The summed E-state index contributed by atoms with van der Waals surface area (Å²) in [5.41, 5.74) is 3.98. The summed E-state index contributed by atoms with van der Waals surface area (Å²) in [7, 11) is 1.28. The molecule has 0 saturated carbocycles. The molecular formula is C23H25N3O3. The summed E-state index contributed by atoms with van der Waals surface area (Å²) in [4.78, 5) is 27.8. The maximum Gasteiger partial charge on any atom is 0.354 e. The number of fused-ring (bicyclic) bond motifs is 1. The van der Waals surface area contributed by atoms with Crippen LogP contribution in [-0.2, 0) is 20.7 Å². The van der Waals surface area contributed by atoms with Crippen molar-refractivity contribution in [1.82, 2.24) is 14.9 Å². The Bertz CT molecular complexity index is 1060. The summed E-state index contributed by atoms with van der Waals surface area (Å²) in [6, 6.07) is 13.9. The van der Waals surface area contributed by atoms with Gasteiger partial charge in [0.25, 0.3) is 0 Å². The fraction of sp³-hybridized carbons (Fsp3) is 0.261. The first-order chi connectivity index (χ1) is 13.9. The molecule has 0 saturated heterocycles. The Labute approximate surface area is 170 Å². The molecule has 0 unspecified atom stereocenters. The average molecular weight is 391 g/mol. The predicted molar refractivity (Wildman–Crippen MR) is 113 cm³/mol. The van der Waals surface area contributed by atoms with Crippen molar-refractivity contribution in [2.45, 2.75) is 27.2 Å². The number of benzene rings is 1. The normalized spacial score (nSPS) is 11.7. The fourth-order valence-electron chi connectivity index (χ4n) is 3.28. The zero-order valence-electron chi connectivity index (χ0n) is 17.1. The van der Waals surface area contributed by atoms with Gasteiger partial charge in [0.15, 0.2) is 0 Å². The van der Waals surface area contributed by atoms with Crippen LogP contribution in [0.3, 0.4) is 0 Å². The molecule has 1 aromatic carbocycles. The van der Waals surface area contributed by atoms with Crippen LogP contribution in [0.4, 0.5) is 0 Å². The highest BCUT2D eigenvalue weighted by molar-refractivity contribution is 5.97. The van der Waals surface area contributed by atoms with Crippen molar-refractivity contribution in [2.75, 3.05) is 7.11 Å². The fourth-order valence-corrected chi connectivity index (χ4v) is 3.28. The third kappa shape index (κ3) is 4.71. The maximum absolute atomic E-state index is 11.9. The molecule has 0 radical (unpaired) electrons. The highest BCUT2D eigenvalue weighted by Gasteiger charge is 2.14. The van der Waals surface area contributed by atoms with Crippen molar-refractivity contribution in [1.29, 1.82) is 0 Å². The molecular weight excluding hydrogens is 366 g/mol. The van der Waals surface area contributed by atoms with Gasteiger partial charge in [0.2, 0.25) is 5.91 Å². The van der Waals surface area contributed by atoms with E-state index < -0.39 is 5.97 Å². The maximum atomic E-state index is 11.9. The number of rotatable bonds is 6. The van der Waals surface area contributed by atoms with Crippen LogP contribution in [0.5, 0.6) is 0 Å². The standard InChI is InChI=1S/C23H25N3O3/c1-15(2)12-20-14-18-6-5-11-24-22(18)26(20)19-9-7-17(8-10-19)13-21(23(28)29-4)25-16(3)27/h5-11,13-15H,12H2,1-4H3,(H,25,27)/b21-13+. The lowest BCUT2D eigenvalue weighted by molar-refractivity contribution is -0.137. The van der Waals surface area contributed by atoms with Crippen molar-refractivity contribution < 1.29 is 14.3 Å². The molecule has 0 fully saturated rings. The van der Waals surface area contributed by atoms with Crippen LogP contribution in [0.2, 0.25) is 0 Å². The molecule has 0 bridgehead atoms. The van der Waals surface area contributed by atoms with Gasteiger partial charge in [-0.05, 0) is 54.3 Å². The topological polar surface area (TPSA) is 73.2 Å². The number of pyridine rings is 1. The zero-order valence-corrected chi connectivity index (χ0v) is 17.1. The second kappa shape index (κ2) is 8.73. The Morgan fingerprint density at radius 3 is 2.55 bits per heavy atom. The van der Waals surface area contributed by atoms with Crippen molar-refractivity contribution in [3.05, 3.63) is 65.6 Å². The summed E-state index contributed by atoms with van der Waals surface area (Å²) >= 11 is 0. The monoisotopic (exact) mass is 391 g/mol. The van der Waals surface area contributed by atoms with Gasteiger partial charge in [0.05, 0.1) is 7.11 Å². The Balaban J connectivity index is 2.01. The first-order valence-electron chi connectivity index (χ1n) is 9.52. The van der Waals surface area contributed by atoms with Crippen LogP contribution in [0, 0.1) is 5.92 Å². The SMILES string of the molecule is COC(=O)/C(=C\c1ccc(-n2c(CC(C)C)cc3cccnc32)cc1)NC(C)=O. The smallest absolute Gasteiger partial charge is 0.354 e. The number of esters is 1. The minimum atomic E-state index is -0.593. The number of methoxy groups -OCH3 is 1. The van der Waals surface area contributed by atoms with E-state index in [1.807, 2.05) is 30.3 Å². The lowest BCUT2D eigenvalue weighted by atomic mass is 10.1. The number of amides is 1. The molecule has 2 aromatic heterocycles. The van der Waals surface area contributed by atoms with Crippen LogP contribution in [0.15, 0.2) is 54.4 Å². The van der Waals surface area contributed by atoms with E-state index in [-0.39, 0.29) is 11.6 Å².